The molecule has 2 aliphatic rings. The Morgan fingerprint density at radius 2 is 1.95 bits per heavy atom. The summed E-state index contributed by atoms with van der Waals surface area (Å²) in [6.07, 6.45) is 0.982. The summed E-state index contributed by atoms with van der Waals surface area (Å²) in [5.74, 6) is 0.964. The average molecular weight is 283 g/mol. The predicted octanol–water partition coefficient (Wildman–Crippen LogP) is 2.86. The van der Waals surface area contributed by atoms with Crippen LogP contribution in [0.5, 0.6) is 0 Å². The van der Waals surface area contributed by atoms with Crippen molar-refractivity contribution in [2.45, 2.75) is 33.6 Å². The van der Waals surface area contributed by atoms with E-state index in [1.54, 1.807) is 0 Å². The molecule has 21 heavy (non-hydrogen) atoms. The Hall–Kier alpha value is -1.90. The molecule has 3 rings (SSSR count). The highest BCUT2D eigenvalue weighted by molar-refractivity contribution is 6.01. The Balaban J connectivity index is 1.71. The molecule has 1 aromatic rings. The summed E-state index contributed by atoms with van der Waals surface area (Å²) < 4.78 is 0. The van der Waals surface area contributed by atoms with Crippen molar-refractivity contribution >= 4 is 11.7 Å². The van der Waals surface area contributed by atoms with Crippen LogP contribution in [0.3, 0.4) is 0 Å². The zero-order valence-corrected chi connectivity index (χ0v) is 12.8. The summed E-state index contributed by atoms with van der Waals surface area (Å²) in [6, 6.07) is 9.64. The molecule has 0 saturated heterocycles. The number of rotatable bonds is 3. The third-order valence-corrected chi connectivity index (χ3v) is 5.01. The Kier molecular flexibility index (Phi) is 3.23. The number of hydrogen-bond donors (Lipinski definition) is 1. The normalized spacial score (nSPS) is 28.0. The Morgan fingerprint density at radius 3 is 2.57 bits per heavy atom. The van der Waals surface area contributed by atoms with Gasteiger partial charge in [-0.1, -0.05) is 44.2 Å². The van der Waals surface area contributed by atoms with E-state index < -0.39 is 0 Å². The third-order valence-electron chi connectivity index (χ3n) is 5.01. The number of allylic oxidation sites excluding steroid dienone is 2. The third kappa shape index (κ3) is 2.41. The van der Waals surface area contributed by atoms with Crippen LogP contribution in [0.25, 0.3) is 0 Å². The molecule has 3 heteroatoms. The lowest BCUT2D eigenvalue weighted by atomic mass is 9.95. The number of Topliss-reactive ketones (excluding diaryl/α,β-unsaturated/α-hetero) is 1. The number of hydrogen-bond acceptors (Lipinski definition) is 2. The van der Waals surface area contributed by atoms with Gasteiger partial charge in [0, 0.05) is 17.7 Å². The minimum atomic E-state index is -0.0547. The van der Waals surface area contributed by atoms with E-state index in [1.807, 2.05) is 37.3 Å². The van der Waals surface area contributed by atoms with E-state index in [-0.39, 0.29) is 17.1 Å². The van der Waals surface area contributed by atoms with Crippen molar-refractivity contribution in [3.8, 4) is 0 Å². The van der Waals surface area contributed by atoms with E-state index in [2.05, 4.69) is 19.2 Å². The molecule has 3 nitrogen and oxygen atoms in total. The molecule has 0 unspecified atom stereocenters. The van der Waals surface area contributed by atoms with Crippen LogP contribution >= 0.6 is 0 Å². The quantitative estimate of drug-likeness (QED) is 0.867. The van der Waals surface area contributed by atoms with E-state index in [0.717, 1.165) is 16.8 Å². The van der Waals surface area contributed by atoms with Gasteiger partial charge in [-0.2, -0.15) is 0 Å². The lowest BCUT2D eigenvalue weighted by Crippen LogP contribution is -2.26. The van der Waals surface area contributed by atoms with Crippen LogP contribution in [0.1, 0.15) is 32.8 Å². The van der Waals surface area contributed by atoms with Gasteiger partial charge in [-0.05, 0) is 29.7 Å². The minimum absolute atomic E-state index is 0.0547. The van der Waals surface area contributed by atoms with Crippen LogP contribution in [0, 0.1) is 17.3 Å². The fourth-order valence-corrected chi connectivity index (χ4v) is 3.73. The minimum Gasteiger partial charge on any atom is -0.329 e. The van der Waals surface area contributed by atoms with E-state index in [1.165, 1.54) is 0 Å². The van der Waals surface area contributed by atoms with Crippen molar-refractivity contribution < 1.29 is 9.59 Å². The summed E-state index contributed by atoms with van der Waals surface area (Å²) >= 11 is 0. The van der Waals surface area contributed by atoms with Crippen LogP contribution in [-0.2, 0) is 16.0 Å². The first-order valence-corrected chi connectivity index (χ1v) is 7.49. The number of carbonyl (C=O) groups is 2. The maximum atomic E-state index is 12.1. The molecule has 2 saturated carbocycles. The van der Waals surface area contributed by atoms with Crippen molar-refractivity contribution in [1.29, 1.82) is 0 Å². The zero-order chi connectivity index (χ0) is 15.2. The summed E-state index contributed by atoms with van der Waals surface area (Å²) in [5, 5.41) is 2.92. The van der Waals surface area contributed by atoms with E-state index in [4.69, 9.17) is 0 Å². The molecule has 2 fully saturated rings. The van der Waals surface area contributed by atoms with Crippen LogP contribution in [0.4, 0.5) is 0 Å². The van der Waals surface area contributed by atoms with Gasteiger partial charge >= 0.3 is 0 Å². The number of fused-ring (bicyclic) bond motifs is 1. The van der Waals surface area contributed by atoms with E-state index in [0.29, 0.717) is 24.7 Å². The molecule has 0 heterocycles. The molecule has 1 amide bonds. The van der Waals surface area contributed by atoms with Crippen molar-refractivity contribution in [3.05, 3.63) is 47.2 Å². The number of carbonyl (C=O) groups excluding carboxylic acids is 2. The highest BCUT2D eigenvalue weighted by Crippen LogP contribution is 2.68. The second kappa shape index (κ2) is 4.83. The molecule has 1 aromatic carbocycles. The predicted molar refractivity (Wildman–Crippen MR) is 81.4 cm³/mol. The molecule has 0 bridgehead atoms. The van der Waals surface area contributed by atoms with Crippen molar-refractivity contribution in [3.63, 3.8) is 0 Å². The van der Waals surface area contributed by atoms with Gasteiger partial charge in [-0.25, -0.2) is 0 Å². The maximum Gasteiger partial charge on any atom is 0.228 e. The van der Waals surface area contributed by atoms with Crippen LogP contribution < -0.4 is 5.32 Å². The topological polar surface area (TPSA) is 46.2 Å². The van der Waals surface area contributed by atoms with Gasteiger partial charge in [0.2, 0.25) is 5.91 Å². The lowest BCUT2D eigenvalue weighted by Gasteiger charge is -2.13. The monoisotopic (exact) mass is 283 g/mol. The highest BCUT2D eigenvalue weighted by Gasteiger charge is 2.65. The smallest absolute Gasteiger partial charge is 0.228 e. The summed E-state index contributed by atoms with van der Waals surface area (Å²) in [5.41, 5.74) is 2.80. The van der Waals surface area contributed by atoms with Gasteiger partial charge in [0.1, 0.15) is 0 Å². The maximum absolute atomic E-state index is 12.1. The Morgan fingerprint density at radius 1 is 1.29 bits per heavy atom. The van der Waals surface area contributed by atoms with Crippen LogP contribution in [-0.4, -0.2) is 11.7 Å². The molecule has 2 aliphatic carbocycles. The van der Waals surface area contributed by atoms with Crippen molar-refractivity contribution in [2.75, 3.05) is 0 Å². The standard InChI is InChI=1S/C18H21NO2/c1-11(16-14(20)10-13-17(16)18(13,2)3)19-15(21)9-12-7-5-4-6-8-12/h4-8,13,17H,9-10H2,1-3H3,(H,19,21)/b16-11-/t13-,17-/m1/s1. The second-order valence-corrected chi connectivity index (χ2v) is 6.78. The van der Waals surface area contributed by atoms with Crippen molar-refractivity contribution in [2.24, 2.45) is 17.3 Å². The molecular weight excluding hydrogens is 262 g/mol. The zero-order valence-electron chi connectivity index (χ0n) is 12.8. The van der Waals surface area contributed by atoms with E-state index in [9.17, 15) is 9.59 Å². The molecule has 0 aromatic heterocycles. The molecule has 0 spiro atoms. The summed E-state index contributed by atoms with van der Waals surface area (Å²) in [7, 11) is 0. The van der Waals surface area contributed by atoms with Gasteiger partial charge in [-0.15, -0.1) is 0 Å². The van der Waals surface area contributed by atoms with Gasteiger partial charge in [0.05, 0.1) is 6.42 Å². The fraction of sp³-hybridized carbons (Fsp3) is 0.444. The van der Waals surface area contributed by atoms with E-state index >= 15 is 0 Å². The molecule has 0 aliphatic heterocycles. The second-order valence-electron chi connectivity index (χ2n) is 6.78. The number of nitrogens with one attached hydrogen (secondary N) is 1. The molecular formula is C18H21NO2. The first kappa shape index (κ1) is 14.1. The summed E-state index contributed by atoms with van der Waals surface area (Å²) in [6.45, 7) is 6.26. The Labute approximate surface area is 125 Å². The number of amides is 1. The molecule has 0 radical (unpaired) electrons. The van der Waals surface area contributed by atoms with Gasteiger partial charge in [0.15, 0.2) is 5.78 Å². The van der Waals surface area contributed by atoms with Gasteiger partial charge in [-0.3, -0.25) is 9.59 Å². The number of ketones is 1. The number of benzene rings is 1. The lowest BCUT2D eigenvalue weighted by molar-refractivity contribution is -0.119. The fourth-order valence-electron chi connectivity index (χ4n) is 3.73. The largest absolute Gasteiger partial charge is 0.329 e. The van der Waals surface area contributed by atoms with Crippen LogP contribution in [0.2, 0.25) is 0 Å². The first-order valence-electron chi connectivity index (χ1n) is 7.49. The SMILES string of the molecule is C/C(NC(=O)Cc1ccccc1)=C1\C(=O)C[C@@H]2[C@H]1C2(C)C. The van der Waals surface area contributed by atoms with Gasteiger partial charge in [0.25, 0.3) is 0 Å². The van der Waals surface area contributed by atoms with Gasteiger partial charge < -0.3 is 5.32 Å². The Bertz CT molecular complexity index is 628. The first-order chi connectivity index (χ1) is 9.91. The molecule has 1 N–H and O–H groups in total. The van der Waals surface area contributed by atoms with Crippen LogP contribution in [0.15, 0.2) is 41.6 Å². The average Bonchev–Trinajstić information content (AvgIpc) is 2.79. The van der Waals surface area contributed by atoms with Crippen molar-refractivity contribution in [1.82, 2.24) is 5.32 Å². The molecule has 2 atom stereocenters. The molecule has 110 valence electrons. The highest BCUT2D eigenvalue weighted by atomic mass is 16.1. The summed E-state index contributed by atoms with van der Waals surface area (Å²) in [4.78, 5) is 24.2.